The zero-order chi connectivity index (χ0) is 22.9. The van der Waals surface area contributed by atoms with Crippen LogP contribution in [0.4, 0.5) is 15.8 Å². The van der Waals surface area contributed by atoms with E-state index in [1.807, 2.05) is 36.5 Å². The molecule has 1 amide bonds. The van der Waals surface area contributed by atoms with E-state index in [4.69, 9.17) is 5.10 Å². The van der Waals surface area contributed by atoms with Crippen LogP contribution in [0.5, 0.6) is 0 Å². The maximum Gasteiger partial charge on any atom is 0.269 e. The minimum absolute atomic E-state index is 0.0189. The topological polar surface area (TPSA) is 81.3 Å². The number of aromatic nitrogens is 2. The molecule has 1 fully saturated rings. The summed E-state index contributed by atoms with van der Waals surface area (Å²) in [4.78, 5) is 25.0. The van der Waals surface area contributed by atoms with Crippen LogP contribution in [-0.2, 0) is 4.79 Å². The number of para-hydroxylation sites is 1. The molecule has 0 aliphatic carbocycles. The van der Waals surface area contributed by atoms with Gasteiger partial charge in [-0.05, 0) is 42.5 Å². The first-order valence-electron chi connectivity index (χ1n) is 10.1. The number of benzene rings is 3. The van der Waals surface area contributed by atoms with E-state index in [0.717, 1.165) is 11.3 Å². The van der Waals surface area contributed by atoms with Gasteiger partial charge in [0.2, 0.25) is 5.91 Å². The van der Waals surface area contributed by atoms with Crippen LogP contribution in [0, 0.1) is 15.9 Å². The molecule has 0 saturated carbocycles. The Morgan fingerprint density at radius 2 is 1.73 bits per heavy atom. The summed E-state index contributed by atoms with van der Waals surface area (Å²) in [6, 6.07) is 21.6. The molecule has 4 aromatic rings. The highest BCUT2D eigenvalue weighted by atomic mass is 32.2. The fraction of sp³-hybridized carbons (Fsp3) is 0.0833. The molecule has 7 nitrogen and oxygen atoms in total. The lowest BCUT2D eigenvalue weighted by molar-refractivity contribution is -0.384. The third-order valence-electron chi connectivity index (χ3n) is 5.34. The van der Waals surface area contributed by atoms with Gasteiger partial charge in [0.25, 0.3) is 5.69 Å². The number of nitro benzene ring substituents is 1. The largest absolute Gasteiger partial charge is 0.295 e. The Kier molecular flexibility index (Phi) is 5.39. The number of halogens is 1. The lowest BCUT2D eigenvalue weighted by Crippen LogP contribution is -2.28. The number of non-ortho nitro benzene ring substituents is 1. The van der Waals surface area contributed by atoms with E-state index < -0.39 is 16.1 Å². The van der Waals surface area contributed by atoms with Gasteiger partial charge in [0.15, 0.2) is 0 Å². The molecule has 1 aromatic heterocycles. The lowest BCUT2D eigenvalue weighted by Gasteiger charge is -2.24. The van der Waals surface area contributed by atoms with Crippen molar-refractivity contribution in [3.05, 3.63) is 107 Å². The standard InChI is InChI=1S/C24H17FN4O3S/c25-17-5-4-8-20(13-17)28-22(30)15-33-24(28)21-14-27(18-6-2-1-3-7-18)26-23(21)16-9-11-19(12-10-16)29(31)32/h1-14,24H,15H2. The Morgan fingerprint density at radius 1 is 1.00 bits per heavy atom. The van der Waals surface area contributed by atoms with E-state index in [9.17, 15) is 19.3 Å². The fourth-order valence-corrected chi connectivity index (χ4v) is 4.99. The summed E-state index contributed by atoms with van der Waals surface area (Å²) in [6.07, 6.45) is 1.86. The van der Waals surface area contributed by atoms with Crippen LogP contribution in [0.15, 0.2) is 85.1 Å². The number of rotatable bonds is 5. The van der Waals surface area contributed by atoms with Gasteiger partial charge in [-0.3, -0.25) is 19.8 Å². The summed E-state index contributed by atoms with van der Waals surface area (Å²) in [5.74, 6) is -0.304. The Bertz CT molecular complexity index is 1340. The number of nitro groups is 1. The molecule has 1 aliphatic heterocycles. The third kappa shape index (κ3) is 3.98. The van der Waals surface area contributed by atoms with Gasteiger partial charge >= 0.3 is 0 Å². The van der Waals surface area contributed by atoms with Crippen molar-refractivity contribution in [1.82, 2.24) is 9.78 Å². The van der Waals surface area contributed by atoms with Crippen molar-refractivity contribution in [2.24, 2.45) is 0 Å². The Balaban J connectivity index is 1.64. The van der Waals surface area contributed by atoms with E-state index in [2.05, 4.69) is 0 Å². The second-order valence-corrected chi connectivity index (χ2v) is 8.49. The summed E-state index contributed by atoms with van der Waals surface area (Å²) in [5, 5.41) is 15.4. The number of hydrogen-bond donors (Lipinski definition) is 0. The Morgan fingerprint density at radius 3 is 2.42 bits per heavy atom. The minimum atomic E-state index is -0.454. The van der Waals surface area contributed by atoms with E-state index >= 15 is 0 Å². The molecular formula is C24H17FN4O3S. The summed E-state index contributed by atoms with van der Waals surface area (Å²) in [5.41, 5.74) is 3.32. The molecule has 9 heteroatoms. The van der Waals surface area contributed by atoms with E-state index in [-0.39, 0.29) is 17.3 Å². The summed E-state index contributed by atoms with van der Waals surface area (Å²) in [7, 11) is 0. The zero-order valence-electron chi connectivity index (χ0n) is 17.2. The molecule has 0 spiro atoms. The van der Waals surface area contributed by atoms with E-state index in [1.54, 1.807) is 33.8 Å². The van der Waals surface area contributed by atoms with Crippen LogP contribution in [0.3, 0.4) is 0 Å². The van der Waals surface area contributed by atoms with E-state index in [0.29, 0.717) is 16.9 Å². The molecule has 1 aliphatic rings. The number of thioether (sulfide) groups is 1. The van der Waals surface area contributed by atoms with E-state index in [1.165, 1.54) is 36.0 Å². The molecule has 33 heavy (non-hydrogen) atoms. The minimum Gasteiger partial charge on any atom is -0.295 e. The maximum atomic E-state index is 13.9. The molecule has 0 N–H and O–H groups in total. The SMILES string of the molecule is O=C1CSC(c2cn(-c3ccccc3)nc2-c2ccc([N+](=O)[O-])cc2)N1c1cccc(F)c1. The average molecular weight is 460 g/mol. The van der Waals surface area contributed by atoms with Gasteiger partial charge in [-0.2, -0.15) is 5.10 Å². The van der Waals surface area contributed by atoms with Crippen LogP contribution in [0.2, 0.25) is 0 Å². The number of nitrogens with zero attached hydrogens (tertiary/aromatic N) is 4. The van der Waals surface area contributed by atoms with Gasteiger partial charge < -0.3 is 0 Å². The molecular weight excluding hydrogens is 443 g/mol. The van der Waals surface area contributed by atoms with Gasteiger partial charge in [0.1, 0.15) is 11.2 Å². The maximum absolute atomic E-state index is 13.9. The number of carbonyl (C=O) groups is 1. The van der Waals surface area contributed by atoms with Crippen molar-refractivity contribution < 1.29 is 14.1 Å². The first kappa shape index (κ1) is 20.9. The fourth-order valence-electron chi connectivity index (χ4n) is 3.81. The van der Waals surface area contributed by atoms with Gasteiger partial charge in [-0.15, -0.1) is 11.8 Å². The Labute approximate surface area is 192 Å². The molecule has 5 rings (SSSR count). The predicted molar refractivity (Wildman–Crippen MR) is 125 cm³/mol. The zero-order valence-corrected chi connectivity index (χ0v) is 18.0. The first-order chi connectivity index (χ1) is 16.0. The molecule has 2 heterocycles. The predicted octanol–water partition coefficient (Wildman–Crippen LogP) is 5.37. The van der Waals surface area contributed by atoms with Crippen molar-refractivity contribution in [1.29, 1.82) is 0 Å². The second kappa shape index (κ2) is 8.51. The molecule has 1 unspecified atom stereocenters. The normalized spacial score (nSPS) is 15.7. The number of amides is 1. The summed E-state index contributed by atoms with van der Waals surface area (Å²) in [6.45, 7) is 0. The highest BCUT2D eigenvalue weighted by molar-refractivity contribution is 8.00. The summed E-state index contributed by atoms with van der Waals surface area (Å²) < 4.78 is 15.7. The Hall–Kier alpha value is -3.98. The van der Waals surface area contributed by atoms with Crippen molar-refractivity contribution >= 4 is 29.0 Å². The molecule has 164 valence electrons. The van der Waals surface area contributed by atoms with Gasteiger partial charge in [-0.1, -0.05) is 24.3 Å². The van der Waals surface area contributed by atoms with Crippen LogP contribution < -0.4 is 4.90 Å². The van der Waals surface area contributed by atoms with Crippen LogP contribution in [-0.4, -0.2) is 26.4 Å². The molecule has 0 bridgehead atoms. The summed E-state index contributed by atoms with van der Waals surface area (Å²) >= 11 is 1.43. The average Bonchev–Trinajstić information content (AvgIpc) is 3.43. The molecule has 1 atom stereocenters. The van der Waals surface area contributed by atoms with Gasteiger partial charge in [0.05, 0.1) is 22.1 Å². The quantitative estimate of drug-likeness (QED) is 0.296. The highest BCUT2D eigenvalue weighted by Gasteiger charge is 2.37. The van der Waals surface area contributed by atoms with Crippen molar-refractivity contribution in [2.45, 2.75) is 5.37 Å². The molecule has 0 radical (unpaired) electrons. The second-order valence-electron chi connectivity index (χ2n) is 7.42. The van der Waals surface area contributed by atoms with Crippen molar-refractivity contribution in [2.75, 3.05) is 10.7 Å². The van der Waals surface area contributed by atoms with Crippen molar-refractivity contribution in [3.8, 4) is 16.9 Å². The highest BCUT2D eigenvalue weighted by Crippen LogP contribution is 2.45. The van der Waals surface area contributed by atoms with Crippen LogP contribution >= 0.6 is 11.8 Å². The van der Waals surface area contributed by atoms with Gasteiger partial charge in [0, 0.05) is 35.1 Å². The third-order valence-corrected chi connectivity index (χ3v) is 6.53. The monoisotopic (exact) mass is 460 g/mol. The smallest absolute Gasteiger partial charge is 0.269 e. The number of carbonyl (C=O) groups excluding carboxylic acids is 1. The number of hydrogen-bond acceptors (Lipinski definition) is 5. The van der Waals surface area contributed by atoms with Crippen LogP contribution in [0.1, 0.15) is 10.9 Å². The van der Waals surface area contributed by atoms with Crippen molar-refractivity contribution in [3.63, 3.8) is 0 Å². The first-order valence-corrected chi connectivity index (χ1v) is 11.2. The van der Waals surface area contributed by atoms with Crippen LogP contribution in [0.25, 0.3) is 16.9 Å². The molecule has 1 saturated heterocycles. The molecule has 3 aromatic carbocycles. The number of anilines is 1. The van der Waals surface area contributed by atoms with Gasteiger partial charge in [-0.25, -0.2) is 9.07 Å². The lowest BCUT2D eigenvalue weighted by atomic mass is 10.1.